The Labute approximate surface area is 128 Å². The molecular weight excluding hydrogens is 325 g/mol. The highest BCUT2D eigenvalue weighted by molar-refractivity contribution is 7.89. The van der Waals surface area contributed by atoms with Gasteiger partial charge < -0.3 is 9.84 Å². The molecule has 0 aliphatic carbocycles. The maximum absolute atomic E-state index is 12.2. The molecule has 114 valence electrons. The van der Waals surface area contributed by atoms with E-state index in [-0.39, 0.29) is 23.1 Å². The van der Waals surface area contributed by atoms with Crippen LogP contribution in [-0.4, -0.2) is 39.4 Å². The quantitative estimate of drug-likeness (QED) is 0.829. The van der Waals surface area contributed by atoms with E-state index in [1.54, 1.807) is 6.92 Å². The standard InChI is InChI=1S/C12H17Cl2NO4S/c1-8-4-11(10(14)5-9(8)13)20(17,18)15-6-12(2,16)7-19-3/h4-5,15-16H,6-7H2,1-3H3. The van der Waals surface area contributed by atoms with Crippen LogP contribution in [0, 0.1) is 6.92 Å². The summed E-state index contributed by atoms with van der Waals surface area (Å²) in [5, 5.41) is 10.3. The summed E-state index contributed by atoms with van der Waals surface area (Å²) in [6.07, 6.45) is 0. The number of hydrogen-bond donors (Lipinski definition) is 2. The zero-order valence-electron chi connectivity index (χ0n) is 11.4. The molecule has 5 nitrogen and oxygen atoms in total. The molecule has 0 heterocycles. The fourth-order valence-corrected chi connectivity index (χ4v) is 3.52. The van der Waals surface area contributed by atoms with E-state index in [4.69, 9.17) is 27.9 Å². The fourth-order valence-electron chi connectivity index (χ4n) is 1.53. The van der Waals surface area contributed by atoms with Crippen LogP contribution in [0.4, 0.5) is 0 Å². The molecule has 1 rings (SSSR count). The Morgan fingerprint density at radius 1 is 1.35 bits per heavy atom. The Hall–Kier alpha value is -0.370. The second-order valence-corrected chi connectivity index (χ2v) is 7.34. The average Bonchev–Trinajstić information content (AvgIpc) is 2.31. The van der Waals surface area contributed by atoms with E-state index >= 15 is 0 Å². The second-order valence-electron chi connectivity index (χ2n) is 4.79. The largest absolute Gasteiger partial charge is 0.386 e. The van der Waals surface area contributed by atoms with Crippen molar-refractivity contribution < 1.29 is 18.3 Å². The minimum absolute atomic E-state index is 0.00287. The van der Waals surface area contributed by atoms with Crippen LogP contribution in [-0.2, 0) is 14.8 Å². The highest BCUT2D eigenvalue weighted by atomic mass is 35.5. The van der Waals surface area contributed by atoms with Crippen molar-refractivity contribution in [3.63, 3.8) is 0 Å². The van der Waals surface area contributed by atoms with E-state index in [1.165, 1.54) is 26.2 Å². The molecule has 0 saturated carbocycles. The number of halogens is 2. The van der Waals surface area contributed by atoms with Gasteiger partial charge in [-0.1, -0.05) is 23.2 Å². The van der Waals surface area contributed by atoms with Gasteiger partial charge in [0, 0.05) is 18.7 Å². The van der Waals surface area contributed by atoms with Gasteiger partial charge in [-0.25, -0.2) is 13.1 Å². The van der Waals surface area contributed by atoms with Crippen molar-refractivity contribution in [1.29, 1.82) is 0 Å². The first-order valence-corrected chi connectivity index (χ1v) is 7.99. The Morgan fingerprint density at radius 3 is 2.50 bits per heavy atom. The Morgan fingerprint density at radius 2 is 1.95 bits per heavy atom. The summed E-state index contributed by atoms with van der Waals surface area (Å²) in [5.74, 6) is 0. The van der Waals surface area contributed by atoms with E-state index in [0.717, 1.165) is 0 Å². The lowest BCUT2D eigenvalue weighted by Gasteiger charge is -2.22. The third-order valence-corrected chi connectivity index (χ3v) is 4.87. The summed E-state index contributed by atoms with van der Waals surface area (Å²) in [6.45, 7) is 2.95. The monoisotopic (exact) mass is 341 g/mol. The molecule has 1 aromatic carbocycles. The lowest BCUT2D eigenvalue weighted by atomic mass is 10.1. The van der Waals surface area contributed by atoms with Gasteiger partial charge in [0.1, 0.15) is 4.90 Å². The average molecular weight is 342 g/mol. The summed E-state index contributed by atoms with van der Waals surface area (Å²) < 4.78 is 31.5. The normalized spacial score (nSPS) is 15.1. The van der Waals surface area contributed by atoms with Crippen molar-refractivity contribution in [2.75, 3.05) is 20.3 Å². The summed E-state index contributed by atoms with van der Waals surface area (Å²) in [7, 11) is -2.42. The molecule has 8 heteroatoms. The number of hydrogen-bond acceptors (Lipinski definition) is 4. The molecule has 1 atom stereocenters. The van der Waals surface area contributed by atoms with Gasteiger partial charge in [0.2, 0.25) is 10.0 Å². The third-order valence-electron chi connectivity index (χ3n) is 2.60. The molecule has 0 bridgehead atoms. The van der Waals surface area contributed by atoms with Crippen LogP contribution in [0.1, 0.15) is 12.5 Å². The predicted molar refractivity (Wildman–Crippen MR) is 78.9 cm³/mol. The van der Waals surface area contributed by atoms with Crippen LogP contribution in [0.2, 0.25) is 10.0 Å². The van der Waals surface area contributed by atoms with Crippen molar-refractivity contribution in [3.05, 3.63) is 27.7 Å². The number of ether oxygens (including phenoxy) is 1. The molecule has 0 spiro atoms. The maximum atomic E-state index is 12.2. The summed E-state index contributed by atoms with van der Waals surface area (Å²) in [4.78, 5) is -0.0747. The number of aryl methyl sites for hydroxylation is 1. The van der Waals surface area contributed by atoms with Gasteiger partial charge in [-0.2, -0.15) is 0 Å². The van der Waals surface area contributed by atoms with Crippen molar-refractivity contribution in [2.45, 2.75) is 24.3 Å². The lowest BCUT2D eigenvalue weighted by molar-refractivity contribution is -0.0119. The molecule has 1 unspecified atom stereocenters. The highest BCUT2D eigenvalue weighted by Crippen LogP contribution is 2.28. The van der Waals surface area contributed by atoms with Crippen LogP contribution in [0.15, 0.2) is 17.0 Å². The SMILES string of the molecule is COCC(C)(O)CNS(=O)(=O)c1cc(C)c(Cl)cc1Cl. The molecule has 20 heavy (non-hydrogen) atoms. The second kappa shape index (κ2) is 6.60. The summed E-state index contributed by atoms with van der Waals surface area (Å²) in [5.41, 5.74) is -0.712. The van der Waals surface area contributed by atoms with Crippen molar-refractivity contribution in [3.8, 4) is 0 Å². The number of benzene rings is 1. The number of rotatable bonds is 6. The Bertz CT molecular complexity index is 587. The zero-order valence-corrected chi connectivity index (χ0v) is 13.7. The van der Waals surface area contributed by atoms with E-state index in [2.05, 4.69) is 4.72 Å². The van der Waals surface area contributed by atoms with Crippen LogP contribution in [0.25, 0.3) is 0 Å². The van der Waals surface area contributed by atoms with Crippen LogP contribution in [0.5, 0.6) is 0 Å². The predicted octanol–water partition coefficient (Wildman–Crippen LogP) is 1.98. The first kappa shape index (κ1) is 17.7. The van der Waals surface area contributed by atoms with E-state index < -0.39 is 15.6 Å². The maximum Gasteiger partial charge on any atom is 0.242 e. The van der Waals surface area contributed by atoms with Gasteiger partial charge >= 0.3 is 0 Å². The first-order chi connectivity index (χ1) is 9.09. The molecule has 0 aliphatic rings. The molecule has 0 aliphatic heterocycles. The molecular formula is C12H17Cl2NO4S. The van der Waals surface area contributed by atoms with Crippen LogP contribution < -0.4 is 4.72 Å². The Balaban J connectivity index is 2.98. The van der Waals surface area contributed by atoms with Gasteiger partial charge in [0.05, 0.1) is 17.2 Å². The minimum Gasteiger partial charge on any atom is -0.386 e. The molecule has 0 radical (unpaired) electrons. The van der Waals surface area contributed by atoms with Gasteiger partial charge in [0.25, 0.3) is 0 Å². The van der Waals surface area contributed by atoms with Crippen molar-refractivity contribution in [2.24, 2.45) is 0 Å². The summed E-state index contributed by atoms with van der Waals surface area (Å²) in [6, 6.07) is 2.76. The Kier molecular flexibility index (Phi) is 5.83. The minimum atomic E-state index is -3.84. The molecule has 0 saturated heterocycles. The lowest BCUT2D eigenvalue weighted by Crippen LogP contribution is -2.43. The molecule has 0 aromatic heterocycles. The van der Waals surface area contributed by atoms with Crippen LogP contribution in [0.3, 0.4) is 0 Å². The molecule has 0 fully saturated rings. The topological polar surface area (TPSA) is 75.6 Å². The van der Waals surface area contributed by atoms with E-state index in [9.17, 15) is 13.5 Å². The van der Waals surface area contributed by atoms with Gasteiger partial charge in [-0.15, -0.1) is 0 Å². The first-order valence-electron chi connectivity index (χ1n) is 5.76. The van der Waals surface area contributed by atoms with Crippen LogP contribution >= 0.6 is 23.2 Å². The zero-order chi connectivity index (χ0) is 15.6. The number of aliphatic hydroxyl groups is 1. The van der Waals surface area contributed by atoms with E-state index in [0.29, 0.717) is 10.6 Å². The van der Waals surface area contributed by atoms with Gasteiger partial charge in [0.15, 0.2) is 0 Å². The highest BCUT2D eigenvalue weighted by Gasteiger charge is 2.25. The van der Waals surface area contributed by atoms with Gasteiger partial charge in [-0.3, -0.25) is 0 Å². The van der Waals surface area contributed by atoms with Crippen molar-refractivity contribution >= 4 is 33.2 Å². The molecule has 2 N–H and O–H groups in total. The van der Waals surface area contributed by atoms with Crippen molar-refractivity contribution in [1.82, 2.24) is 4.72 Å². The van der Waals surface area contributed by atoms with E-state index in [1.807, 2.05) is 0 Å². The van der Waals surface area contributed by atoms with Gasteiger partial charge in [-0.05, 0) is 31.5 Å². The summed E-state index contributed by atoms with van der Waals surface area (Å²) >= 11 is 11.8. The third kappa shape index (κ3) is 4.58. The molecule has 0 amide bonds. The number of methoxy groups -OCH3 is 1. The number of nitrogens with one attached hydrogen (secondary N) is 1. The number of sulfonamides is 1. The molecule has 1 aromatic rings. The smallest absolute Gasteiger partial charge is 0.242 e. The fraction of sp³-hybridized carbons (Fsp3) is 0.500.